The number of carbonyl (C=O) groups excluding carboxylic acids is 2. The first-order chi connectivity index (χ1) is 20.2. The molecule has 1 aliphatic carbocycles. The number of anilines is 1. The fourth-order valence-electron chi connectivity index (χ4n) is 5.20. The molecular formula is C32H38FN3O5S. The van der Waals surface area contributed by atoms with Crippen LogP contribution in [0.1, 0.15) is 51.5 Å². The van der Waals surface area contributed by atoms with E-state index in [1.54, 1.807) is 24.3 Å². The highest BCUT2D eigenvalue weighted by Crippen LogP contribution is 2.27. The van der Waals surface area contributed by atoms with Crippen LogP contribution in [-0.2, 0) is 26.2 Å². The van der Waals surface area contributed by atoms with Crippen LogP contribution in [0.3, 0.4) is 0 Å². The van der Waals surface area contributed by atoms with Crippen molar-refractivity contribution in [2.45, 2.75) is 69.5 Å². The third-order valence-corrected chi connectivity index (χ3v) is 9.19. The Kier molecular flexibility index (Phi) is 10.6. The van der Waals surface area contributed by atoms with Gasteiger partial charge in [0.25, 0.3) is 10.0 Å². The molecule has 224 valence electrons. The van der Waals surface area contributed by atoms with Crippen molar-refractivity contribution in [3.8, 4) is 5.75 Å². The van der Waals surface area contributed by atoms with E-state index in [4.69, 9.17) is 4.74 Å². The lowest BCUT2D eigenvalue weighted by atomic mass is 10.1. The van der Waals surface area contributed by atoms with E-state index in [2.05, 4.69) is 5.32 Å². The summed E-state index contributed by atoms with van der Waals surface area (Å²) in [7, 11) is -4.29. The summed E-state index contributed by atoms with van der Waals surface area (Å²) in [4.78, 5) is 28.9. The third kappa shape index (κ3) is 7.67. The van der Waals surface area contributed by atoms with Crippen LogP contribution in [0, 0.1) is 5.82 Å². The van der Waals surface area contributed by atoms with Crippen molar-refractivity contribution in [3.05, 3.63) is 90.2 Å². The molecule has 1 saturated carbocycles. The maximum Gasteiger partial charge on any atom is 0.264 e. The van der Waals surface area contributed by atoms with Crippen molar-refractivity contribution < 1.29 is 27.1 Å². The van der Waals surface area contributed by atoms with E-state index in [0.717, 1.165) is 47.7 Å². The van der Waals surface area contributed by atoms with Gasteiger partial charge in [0.2, 0.25) is 11.8 Å². The number of carbonyl (C=O) groups is 2. The predicted molar refractivity (Wildman–Crippen MR) is 160 cm³/mol. The molecule has 4 rings (SSSR count). The highest BCUT2D eigenvalue weighted by molar-refractivity contribution is 7.92. The molecule has 0 unspecified atom stereocenters. The Bertz CT molecular complexity index is 1430. The molecule has 0 aliphatic heterocycles. The monoisotopic (exact) mass is 595 g/mol. The summed E-state index contributed by atoms with van der Waals surface area (Å²) < 4.78 is 48.0. The minimum absolute atomic E-state index is 0.0689. The summed E-state index contributed by atoms with van der Waals surface area (Å²) in [5.74, 6) is -0.813. The summed E-state index contributed by atoms with van der Waals surface area (Å²) >= 11 is 0. The zero-order valence-corrected chi connectivity index (χ0v) is 24.9. The maximum absolute atomic E-state index is 14.1. The van der Waals surface area contributed by atoms with Crippen molar-refractivity contribution in [2.24, 2.45) is 0 Å². The molecule has 10 heteroatoms. The lowest BCUT2D eigenvalue weighted by Gasteiger charge is -2.33. The van der Waals surface area contributed by atoms with Gasteiger partial charge >= 0.3 is 0 Å². The molecule has 42 heavy (non-hydrogen) atoms. The Labute approximate surface area is 247 Å². The molecule has 0 saturated heterocycles. The number of benzene rings is 3. The first-order valence-corrected chi connectivity index (χ1v) is 15.8. The Morgan fingerprint density at radius 1 is 0.952 bits per heavy atom. The number of halogens is 1. The predicted octanol–water partition coefficient (Wildman–Crippen LogP) is 5.29. The van der Waals surface area contributed by atoms with Crippen molar-refractivity contribution in [1.29, 1.82) is 0 Å². The van der Waals surface area contributed by atoms with Gasteiger partial charge in [-0.15, -0.1) is 0 Å². The third-order valence-electron chi connectivity index (χ3n) is 7.40. The van der Waals surface area contributed by atoms with E-state index in [9.17, 15) is 22.4 Å². The second kappa shape index (κ2) is 14.3. The minimum Gasteiger partial charge on any atom is -0.494 e. The summed E-state index contributed by atoms with van der Waals surface area (Å²) in [6.07, 6.45) is 4.25. The van der Waals surface area contributed by atoms with Crippen LogP contribution >= 0.6 is 0 Å². The number of amides is 2. The van der Waals surface area contributed by atoms with Gasteiger partial charge in [-0.1, -0.05) is 50.1 Å². The number of nitrogens with zero attached hydrogens (tertiary/aromatic N) is 2. The fraction of sp³-hybridized carbons (Fsp3) is 0.375. The average Bonchev–Trinajstić information content (AvgIpc) is 3.50. The van der Waals surface area contributed by atoms with Crippen molar-refractivity contribution in [3.63, 3.8) is 0 Å². The maximum atomic E-state index is 14.1. The molecule has 2 amide bonds. The molecule has 0 spiro atoms. The number of ether oxygens (including phenoxy) is 1. The van der Waals surface area contributed by atoms with Crippen LogP contribution in [0.25, 0.3) is 0 Å². The lowest BCUT2D eigenvalue weighted by molar-refractivity contribution is -0.140. The van der Waals surface area contributed by atoms with Gasteiger partial charge in [0.05, 0.1) is 17.2 Å². The minimum atomic E-state index is -4.29. The standard InChI is InChI=1S/C32H38FN3O5S/c1-3-30(32(38)34-26-12-8-9-13-26)35(22-24-10-6-5-7-11-24)31(37)23-36(27-16-18-28(19-17-27)41-4-2)42(39,40)29-20-14-25(33)15-21-29/h5-7,10-11,14-21,26,30H,3-4,8-9,12-13,22-23H2,1-2H3,(H,34,38)/t30-/m0/s1. The fourth-order valence-corrected chi connectivity index (χ4v) is 6.62. The molecule has 0 radical (unpaired) electrons. The Hall–Kier alpha value is -3.92. The van der Waals surface area contributed by atoms with Gasteiger partial charge in [-0.25, -0.2) is 12.8 Å². The van der Waals surface area contributed by atoms with Gasteiger partial charge in [-0.3, -0.25) is 13.9 Å². The van der Waals surface area contributed by atoms with Gasteiger partial charge < -0.3 is 15.0 Å². The first kappa shape index (κ1) is 31.0. The largest absolute Gasteiger partial charge is 0.494 e. The van der Waals surface area contributed by atoms with Crippen molar-refractivity contribution in [1.82, 2.24) is 10.2 Å². The number of rotatable bonds is 13. The van der Waals surface area contributed by atoms with E-state index in [1.165, 1.54) is 17.0 Å². The van der Waals surface area contributed by atoms with Crippen LogP contribution in [0.2, 0.25) is 0 Å². The van der Waals surface area contributed by atoms with Crippen LogP contribution in [0.4, 0.5) is 10.1 Å². The molecule has 3 aromatic rings. The number of hydrogen-bond donors (Lipinski definition) is 1. The van der Waals surface area contributed by atoms with Gasteiger partial charge in [0.1, 0.15) is 24.2 Å². The van der Waals surface area contributed by atoms with Crippen LogP contribution < -0.4 is 14.4 Å². The second-order valence-corrected chi connectivity index (χ2v) is 12.2. The highest BCUT2D eigenvalue weighted by atomic mass is 32.2. The van der Waals surface area contributed by atoms with Gasteiger partial charge in [0, 0.05) is 12.6 Å². The summed E-state index contributed by atoms with van der Waals surface area (Å²) in [6, 6.07) is 19.4. The molecule has 0 bridgehead atoms. The molecule has 1 aliphatic rings. The molecule has 1 atom stereocenters. The number of hydrogen-bond acceptors (Lipinski definition) is 5. The zero-order valence-electron chi connectivity index (χ0n) is 24.0. The van der Waals surface area contributed by atoms with E-state index in [1.807, 2.05) is 44.2 Å². The summed E-state index contributed by atoms with van der Waals surface area (Å²) in [6.45, 7) is 3.68. The highest BCUT2D eigenvalue weighted by Gasteiger charge is 2.34. The molecule has 1 N–H and O–H groups in total. The number of sulfonamides is 1. The van der Waals surface area contributed by atoms with E-state index >= 15 is 0 Å². The molecule has 0 heterocycles. The average molecular weight is 596 g/mol. The van der Waals surface area contributed by atoms with Crippen LogP contribution in [0.5, 0.6) is 5.75 Å². The van der Waals surface area contributed by atoms with Gasteiger partial charge in [0.15, 0.2) is 0 Å². The summed E-state index contributed by atoms with van der Waals surface area (Å²) in [5, 5.41) is 3.10. The topological polar surface area (TPSA) is 96.0 Å². The Balaban J connectivity index is 1.70. The molecule has 3 aromatic carbocycles. The van der Waals surface area contributed by atoms with Gasteiger partial charge in [-0.05, 0) is 80.3 Å². The molecular weight excluding hydrogens is 557 g/mol. The van der Waals surface area contributed by atoms with E-state index in [-0.39, 0.29) is 29.1 Å². The SMILES string of the molecule is CCOc1ccc(N(CC(=O)N(Cc2ccccc2)[C@@H](CC)C(=O)NC2CCCC2)S(=O)(=O)c2ccc(F)cc2)cc1. The zero-order chi connectivity index (χ0) is 30.1. The van der Waals surface area contributed by atoms with Crippen molar-refractivity contribution in [2.75, 3.05) is 17.5 Å². The van der Waals surface area contributed by atoms with E-state index in [0.29, 0.717) is 18.8 Å². The van der Waals surface area contributed by atoms with Crippen LogP contribution in [-0.4, -0.2) is 50.4 Å². The summed E-state index contributed by atoms with van der Waals surface area (Å²) in [5.41, 5.74) is 1.05. The van der Waals surface area contributed by atoms with E-state index < -0.39 is 34.3 Å². The molecule has 1 fully saturated rings. The molecule has 8 nitrogen and oxygen atoms in total. The Morgan fingerprint density at radius 2 is 1.60 bits per heavy atom. The normalized spacial score (nSPS) is 14.3. The quantitative estimate of drug-likeness (QED) is 0.290. The smallest absolute Gasteiger partial charge is 0.264 e. The lowest BCUT2D eigenvalue weighted by Crippen LogP contribution is -2.53. The van der Waals surface area contributed by atoms with Crippen molar-refractivity contribution >= 4 is 27.5 Å². The second-order valence-electron chi connectivity index (χ2n) is 10.3. The number of nitrogens with one attached hydrogen (secondary N) is 1. The van der Waals surface area contributed by atoms with Gasteiger partial charge in [-0.2, -0.15) is 0 Å². The first-order valence-electron chi connectivity index (χ1n) is 14.4. The molecule has 0 aromatic heterocycles. The van der Waals surface area contributed by atoms with Crippen LogP contribution in [0.15, 0.2) is 83.8 Å². The Morgan fingerprint density at radius 3 is 2.19 bits per heavy atom.